The Morgan fingerprint density at radius 2 is 1.82 bits per heavy atom. The monoisotopic (exact) mass is 632 g/mol. The van der Waals surface area contributed by atoms with E-state index >= 15 is 0 Å². The summed E-state index contributed by atoms with van der Waals surface area (Å²) in [6, 6.07) is 15.9. The van der Waals surface area contributed by atoms with Gasteiger partial charge in [-0.3, -0.25) is 24.1 Å². The van der Waals surface area contributed by atoms with Crippen molar-refractivity contribution in [3.05, 3.63) is 112 Å². The molecule has 0 saturated carbocycles. The predicted molar refractivity (Wildman–Crippen MR) is 169 cm³/mol. The predicted octanol–water partition coefficient (Wildman–Crippen LogP) is 5.97. The molecule has 2 aromatic carbocycles. The lowest BCUT2D eigenvalue weighted by Crippen LogP contribution is -2.33. The zero-order valence-electron chi connectivity index (χ0n) is 24.6. The van der Waals surface area contributed by atoms with E-state index in [1.807, 2.05) is 13.0 Å². The fourth-order valence-electron chi connectivity index (χ4n) is 5.38. The van der Waals surface area contributed by atoms with Gasteiger partial charge in [0.25, 0.3) is 5.56 Å². The topological polar surface area (TPSA) is 124 Å². The Kier molecular flexibility index (Phi) is 9.68. The second-order valence-electron chi connectivity index (χ2n) is 10.6. The number of carbonyl (C=O) groups excluding carboxylic acids is 1. The number of nitrogens with zero attached hydrogens (tertiary/aromatic N) is 4. The van der Waals surface area contributed by atoms with Crippen molar-refractivity contribution in [2.75, 3.05) is 7.05 Å². The summed E-state index contributed by atoms with van der Waals surface area (Å²) in [6.07, 6.45) is 6.19. The molecule has 45 heavy (non-hydrogen) atoms. The summed E-state index contributed by atoms with van der Waals surface area (Å²) in [4.78, 5) is 40.3. The van der Waals surface area contributed by atoms with E-state index in [0.717, 1.165) is 0 Å². The number of ether oxygens (including phenoxy) is 1. The molecule has 9 nitrogen and oxygen atoms in total. The zero-order chi connectivity index (χ0) is 32.1. The summed E-state index contributed by atoms with van der Waals surface area (Å²) >= 11 is 6.35. The number of nitrogens with one attached hydrogen (secondary N) is 1. The first-order valence-corrected chi connectivity index (χ1v) is 14.7. The Morgan fingerprint density at radius 3 is 2.51 bits per heavy atom. The third-order valence-electron chi connectivity index (χ3n) is 7.68. The molecule has 5 rings (SSSR count). The minimum atomic E-state index is -2.93. The molecule has 0 spiro atoms. The smallest absolute Gasteiger partial charge is 0.387 e. The molecular formula is C33H31ClF2N6O3. The summed E-state index contributed by atoms with van der Waals surface area (Å²) in [7, 11) is 1.61. The van der Waals surface area contributed by atoms with E-state index < -0.39 is 12.7 Å². The normalized spacial score (nSPS) is 19.2. The molecule has 2 aromatic heterocycles. The second kappa shape index (κ2) is 13.8. The van der Waals surface area contributed by atoms with Gasteiger partial charge in [0.05, 0.1) is 35.2 Å². The summed E-state index contributed by atoms with van der Waals surface area (Å²) in [6.45, 7) is -1.09. The number of halogens is 3. The van der Waals surface area contributed by atoms with Crippen LogP contribution in [0.1, 0.15) is 43.5 Å². The Hall–Kier alpha value is -4.90. The number of aromatic nitrogens is 3. The third kappa shape index (κ3) is 7.09. The second-order valence-corrected chi connectivity index (χ2v) is 11.0. The van der Waals surface area contributed by atoms with Crippen LogP contribution in [0.15, 0.2) is 94.9 Å². The Balaban J connectivity index is 1.55. The molecule has 232 valence electrons. The fraction of sp³-hybridized carbons (Fsp3) is 0.242. The first kappa shape index (κ1) is 31.5. The van der Waals surface area contributed by atoms with Gasteiger partial charge in [0.2, 0.25) is 5.91 Å². The minimum absolute atomic E-state index is 0.0299. The number of pyridine rings is 1. The maximum Gasteiger partial charge on any atom is 0.387 e. The average molecular weight is 633 g/mol. The van der Waals surface area contributed by atoms with Gasteiger partial charge in [-0.2, -0.15) is 8.78 Å². The molecule has 1 aliphatic rings. The molecule has 12 heteroatoms. The summed E-state index contributed by atoms with van der Waals surface area (Å²) in [5.74, 6) is -0.447. The third-order valence-corrected chi connectivity index (χ3v) is 7.92. The standard InChI is InChI=1S/C33H31ClF2N6O3/c1-19-4-3-5-29(27-14-21(12-13-39-27)31(38-2)28(17-37)41-32(19)44)42-18-40-26(16-30(42)43)25-15-22(34)8-11-24(25)20-6-9-23(10-7-20)45-33(35)36/h6-19,29,33H,3-5,37H2,1-2H3,(H,41,44). The van der Waals surface area contributed by atoms with Crippen LogP contribution >= 0.6 is 11.6 Å². The number of amides is 1. The minimum Gasteiger partial charge on any atom is -0.435 e. The number of nitrogens with two attached hydrogens (primary N) is 1. The molecule has 2 atom stereocenters. The molecular weight excluding hydrogens is 602 g/mol. The van der Waals surface area contributed by atoms with Crippen molar-refractivity contribution in [1.82, 2.24) is 19.9 Å². The quantitative estimate of drug-likeness (QED) is 0.279. The number of hydrogen-bond donors (Lipinski definition) is 2. The molecule has 3 N–H and O–H groups in total. The van der Waals surface area contributed by atoms with Crippen LogP contribution in [0.4, 0.5) is 8.78 Å². The van der Waals surface area contributed by atoms with Gasteiger partial charge in [0.15, 0.2) is 0 Å². The lowest BCUT2D eigenvalue weighted by molar-refractivity contribution is -0.123. The number of benzene rings is 2. The average Bonchev–Trinajstić information content (AvgIpc) is 3.03. The van der Waals surface area contributed by atoms with Crippen LogP contribution in [0.25, 0.3) is 22.4 Å². The van der Waals surface area contributed by atoms with Crippen molar-refractivity contribution < 1.29 is 18.3 Å². The maximum atomic E-state index is 13.8. The number of hydrogen-bond acceptors (Lipinski definition) is 7. The molecule has 0 aliphatic carbocycles. The Morgan fingerprint density at radius 1 is 1.04 bits per heavy atom. The molecule has 4 aromatic rings. The number of aliphatic imine (C=N–C) groups is 1. The molecule has 3 heterocycles. The number of alkyl halides is 2. The van der Waals surface area contributed by atoms with Gasteiger partial charge < -0.3 is 15.8 Å². The van der Waals surface area contributed by atoms with Crippen molar-refractivity contribution in [1.29, 1.82) is 0 Å². The number of rotatable bonds is 5. The van der Waals surface area contributed by atoms with Crippen molar-refractivity contribution >= 4 is 23.2 Å². The first-order valence-electron chi connectivity index (χ1n) is 14.3. The van der Waals surface area contributed by atoms with E-state index in [2.05, 4.69) is 25.0 Å². The van der Waals surface area contributed by atoms with Crippen molar-refractivity contribution in [2.45, 2.75) is 38.8 Å². The van der Waals surface area contributed by atoms with E-state index in [9.17, 15) is 18.4 Å². The van der Waals surface area contributed by atoms with Crippen LogP contribution in [-0.2, 0) is 4.79 Å². The molecule has 1 amide bonds. The zero-order valence-corrected chi connectivity index (χ0v) is 25.3. The van der Waals surface area contributed by atoms with Crippen molar-refractivity contribution in [3.8, 4) is 28.1 Å². The molecule has 2 unspecified atom stereocenters. The summed E-state index contributed by atoms with van der Waals surface area (Å²) in [5, 5.41) is 3.32. The molecule has 0 fully saturated rings. The summed E-state index contributed by atoms with van der Waals surface area (Å²) in [5.41, 5.74) is 10.2. The van der Waals surface area contributed by atoms with Crippen LogP contribution in [-0.4, -0.2) is 39.8 Å². The van der Waals surface area contributed by atoms with Gasteiger partial charge in [-0.25, -0.2) is 4.98 Å². The van der Waals surface area contributed by atoms with Crippen molar-refractivity contribution in [3.63, 3.8) is 0 Å². The number of fused-ring (bicyclic) bond motifs is 2. The highest BCUT2D eigenvalue weighted by Gasteiger charge is 2.24. The highest BCUT2D eigenvalue weighted by atomic mass is 35.5. The Bertz CT molecular complexity index is 1820. The molecule has 2 bridgehead atoms. The van der Waals surface area contributed by atoms with Gasteiger partial charge >= 0.3 is 6.61 Å². The fourth-order valence-corrected chi connectivity index (χ4v) is 5.56. The van der Waals surface area contributed by atoms with Crippen LogP contribution in [0.5, 0.6) is 5.75 Å². The highest BCUT2D eigenvalue weighted by Crippen LogP contribution is 2.34. The lowest BCUT2D eigenvalue weighted by Gasteiger charge is -2.23. The SMILES string of the molecule is CN=C1C(=CN)NC(=O)C(C)CCCC(n2cnc(-c3cc(Cl)ccc3-c3ccc(OC(F)F)cc3)cc2=O)c2cc1ccn2. The number of allylic oxidation sites excluding steroid dienone is 1. The van der Waals surface area contributed by atoms with Crippen molar-refractivity contribution in [2.24, 2.45) is 16.6 Å². The maximum absolute atomic E-state index is 13.8. The van der Waals surface area contributed by atoms with Crippen LogP contribution in [0.2, 0.25) is 5.02 Å². The molecule has 0 saturated heterocycles. The van der Waals surface area contributed by atoms with E-state index in [-0.39, 0.29) is 23.1 Å². The van der Waals surface area contributed by atoms with E-state index in [1.165, 1.54) is 35.3 Å². The van der Waals surface area contributed by atoms with Gasteiger partial charge in [0, 0.05) is 47.6 Å². The van der Waals surface area contributed by atoms with Gasteiger partial charge in [-0.1, -0.05) is 43.1 Å². The van der Waals surface area contributed by atoms with Crippen LogP contribution < -0.4 is 21.3 Å². The van der Waals surface area contributed by atoms with Gasteiger partial charge in [0.1, 0.15) is 5.75 Å². The highest BCUT2D eigenvalue weighted by molar-refractivity contribution is 6.31. The first-order chi connectivity index (χ1) is 21.7. The lowest BCUT2D eigenvalue weighted by atomic mass is 9.96. The number of carbonyl (C=O) groups is 1. The van der Waals surface area contributed by atoms with Gasteiger partial charge in [-0.15, -0.1) is 0 Å². The van der Waals surface area contributed by atoms with E-state index in [1.54, 1.807) is 49.6 Å². The van der Waals surface area contributed by atoms with E-state index in [0.29, 0.717) is 69.3 Å². The molecule has 1 aliphatic heterocycles. The van der Waals surface area contributed by atoms with Crippen LogP contribution in [0.3, 0.4) is 0 Å². The van der Waals surface area contributed by atoms with Crippen LogP contribution in [0, 0.1) is 5.92 Å². The van der Waals surface area contributed by atoms with Gasteiger partial charge in [-0.05, 0) is 60.4 Å². The van der Waals surface area contributed by atoms with E-state index in [4.69, 9.17) is 17.3 Å². The Labute approximate surface area is 263 Å². The molecule has 0 radical (unpaired) electrons. The summed E-state index contributed by atoms with van der Waals surface area (Å²) < 4.78 is 31.3. The largest absolute Gasteiger partial charge is 0.435 e.